The molecule has 1 aromatic heterocycles. The number of benzene rings is 2. The number of unbranched alkanes of at least 4 members (excludes halogenated alkanes) is 1. The molecule has 1 unspecified atom stereocenters. The average Bonchev–Trinajstić information content (AvgIpc) is 3.90. The average molecular weight is 691 g/mol. The molecule has 3 aliphatic rings. The molecule has 0 bridgehead atoms. The number of hydrogen-bond acceptors (Lipinski definition) is 9. The molecular weight excluding hydrogens is 648 g/mol. The van der Waals surface area contributed by atoms with Gasteiger partial charge in [-0.15, -0.1) is 5.10 Å². The third-order valence-electron chi connectivity index (χ3n) is 8.98. The summed E-state index contributed by atoms with van der Waals surface area (Å²) < 4.78 is 12.6. The van der Waals surface area contributed by atoms with Gasteiger partial charge in [0.2, 0.25) is 17.7 Å². The van der Waals surface area contributed by atoms with E-state index >= 15 is 0 Å². The predicted octanol–water partition coefficient (Wildman–Crippen LogP) is 2.80. The van der Waals surface area contributed by atoms with E-state index in [1.54, 1.807) is 41.0 Å². The molecule has 260 valence electrons. The molecule has 14 nitrogen and oxygen atoms in total. The van der Waals surface area contributed by atoms with Crippen LogP contribution >= 0.6 is 11.8 Å². The zero-order chi connectivity index (χ0) is 34.2. The number of urea groups is 1. The van der Waals surface area contributed by atoms with Gasteiger partial charge in [0.25, 0.3) is 0 Å². The summed E-state index contributed by atoms with van der Waals surface area (Å²) in [6.07, 6.45) is 5.24. The van der Waals surface area contributed by atoms with Crippen molar-refractivity contribution in [3.05, 3.63) is 54.7 Å². The van der Waals surface area contributed by atoms with Gasteiger partial charge in [0.1, 0.15) is 11.4 Å². The van der Waals surface area contributed by atoms with Crippen LogP contribution in [0.2, 0.25) is 0 Å². The summed E-state index contributed by atoms with van der Waals surface area (Å²) in [4.78, 5) is 50.9. The first-order valence-electron chi connectivity index (χ1n) is 16.6. The zero-order valence-corrected chi connectivity index (χ0v) is 28.2. The number of amides is 5. The third kappa shape index (κ3) is 8.89. The summed E-state index contributed by atoms with van der Waals surface area (Å²) in [5.41, 5.74) is 2.92. The maximum atomic E-state index is 12.9. The van der Waals surface area contributed by atoms with Crippen LogP contribution in [-0.2, 0) is 25.7 Å². The summed E-state index contributed by atoms with van der Waals surface area (Å²) >= 11 is 1.89. The molecule has 3 fully saturated rings. The number of ether oxygens (including phenoxy) is 2. The summed E-state index contributed by atoms with van der Waals surface area (Å²) in [5.74, 6) is 0.937. The van der Waals surface area contributed by atoms with Gasteiger partial charge >= 0.3 is 6.03 Å². The number of methoxy groups -OCH3 is 1. The largest absolute Gasteiger partial charge is 0.497 e. The lowest BCUT2D eigenvalue weighted by molar-refractivity contribution is -0.122. The number of thioether (sulfide) groups is 1. The molecule has 0 aliphatic carbocycles. The highest BCUT2D eigenvalue weighted by Gasteiger charge is 2.42. The van der Waals surface area contributed by atoms with Gasteiger partial charge in [0.05, 0.1) is 51.1 Å². The Balaban J connectivity index is 0.840. The van der Waals surface area contributed by atoms with Gasteiger partial charge in [-0.3, -0.25) is 14.4 Å². The summed E-state index contributed by atoms with van der Waals surface area (Å²) in [6, 6.07) is 14.9. The number of rotatable bonds is 16. The number of nitrogens with zero attached hydrogens (tertiary/aromatic N) is 4. The van der Waals surface area contributed by atoms with Gasteiger partial charge in [0.15, 0.2) is 0 Å². The van der Waals surface area contributed by atoms with Crippen LogP contribution in [0.15, 0.2) is 54.7 Å². The lowest BCUT2D eigenvalue weighted by Gasteiger charge is -2.17. The highest BCUT2D eigenvalue weighted by atomic mass is 32.2. The van der Waals surface area contributed by atoms with Crippen molar-refractivity contribution in [1.29, 1.82) is 0 Å². The van der Waals surface area contributed by atoms with Crippen molar-refractivity contribution >= 4 is 46.9 Å². The Morgan fingerprint density at radius 2 is 1.86 bits per heavy atom. The molecule has 3 saturated heterocycles. The van der Waals surface area contributed by atoms with Crippen LogP contribution in [0.1, 0.15) is 32.1 Å². The number of fused-ring (bicyclic) bond motifs is 1. The highest BCUT2D eigenvalue weighted by molar-refractivity contribution is 8.00. The molecule has 2 aromatic carbocycles. The van der Waals surface area contributed by atoms with E-state index < -0.39 is 5.92 Å². The fourth-order valence-corrected chi connectivity index (χ4v) is 7.83. The molecule has 0 saturated carbocycles. The van der Waals surface area contributed by atoms with Crippen molar-refractivity contribution in [2.24, 2.45) is 5.92 Å². The van der Waals surface area contributed by atoms with E-state index in [9.17, 15) is 19.2 Å². The van der Waals surface area contributed by atoms with E-state index in [-0.39, 0.29) is 42.3 Å². The van der Waals surface area contributed by atoms with Crippen molar-refractivity contribution in [3.8, 4) is 17.0 Å². The molecule has 49 heavy (non-hydrogen) atoms. The maximum Gasteiger partial charge on any atom is 0.315 e. The third-order valence-corrected chi connectivity index (χ3v) is 10.5. The molecule has 4 N–H and O–H groups in total. The standard InChI is InChI=1S/C34H42N8O6S/c1-47-26-12-10-25(11-13-26)42-19-23(18-31(42)44)33(45)36-24-8-6-22(7-9-24)27-20-41(40-39-27)15-17-48-16-14-35-30(43)5-3-2-4-29-32-28(21-49-29)37-34(46)38-32/h6-13,20,23,28-29,32H,2-5,14-19,21H2,1H3,(H,35,43)(H,36,45)(H2,37,38,46)/t23?,28-,29-,32-/m0/s1. The Hall–Kier alpha value is -4.63. The molecule has 4 atom stereocenters. The fourth-order valence-electron chi connectivity index (χ4n) is 6.29. The smallest absolute Gasteiger partial charge is 0.315 e. The van der Waals surface area contributed by atoms with Crippen molar-refractivity contribution in [1.82, 2.24) is 30.9 Å². The minimum Gasteiger partial charge on any atom is -0.497 e. The predicted molar refractivity (Wildman–Crippen MR) is 185 cm³/mol. The normalized spacial score (nSPS) is 21.3. The van der Waals surface area contributed by atoms with Crippen LogP contribution in [-0.4, -0.2) is 95.2 Å². The first-order chi connectivity index (χ1) is 23.9. The van der Waals surface area contributed by atoms with Gasteiger partial charge in [-0.25, -0.2) is 9.48 Å². The van der Waals surface area contributed by atoms with E-state index in [4.69, 9.17) is 9.47 Å². The summed E-state index contributed by atoms with van der Waals surface area (Å²) in [7, 11) is 1.59. The van der Waals surface area contributed by atoms with Crippen LogP contribution in [0.4, 0.5) is 16.2 Å². The molecule has 5 amide bonds. The molecule has 4 heterocycles. The Kier molecular flexibility index (Phi) is 11.3. The van der Waals surface area contributed by atoms with Crippen LogP contribution < -0.4 is 30.9 Å². The number of carbonyl (C=O) groups is 4. The fraction of sp³-hybridized carbons (Fsp3) is 0.471. The second-order valence-electron chi connectivity index (χ2n) is 12.4. The van der Waals surface area contributed by atoms with E-state index in [2.05, 4.69) is 31.6 Å². The van der Waals surface area contributed by atoms with Crippen molar-refractivity contribution in [2.75, 3.05) is 49.4 Å². The minimum atomic E-state index is -0.449. The SMILES string of the molecule is COc1ccc(N2CC(C(=O)Nc3ccc(-c4cn(CCOCCNC(=O)CCCC[C@@H]5SC[C@@H]6NC(=O)N[C@@H]65)nn4)cc3)CC2=O)cc1. The molecule has 6 rings (SSSR count). The number of carbonyl (C=O) groups excluding carboxylic acids is 4. The lowest BCUT2D eigenvalue weighted by atomic mass is 10.0. The van der Waals surface area contributed by atoms with Crippen molar-refractivity contribution < 1.29 is 28.7 Å². The Morgan fingerprint density at radius 1 is 1.04 bits per heavy atom. The second kappa shape index (κ2) is 16.2. The van der Waals surface area contributed by atoms with Crippen molar-refractivity contribution in [2.45, 2.75) is 56.0 Å². The zero-order valence-electron chi connectivity index (χ0n) is 27.4. The van der Waals surface area contributed by atoms with E-state index in [1.807, 2.05) is 42.2 Å². The van der Waals surface area contributed by atoms with Gasteiger partial charge in [0, 0.05) is 53.9 Å². The van der Waals surface area contributed by atoms with E-state index in [0.717, 1.165) is 36.3 Å². The number of hydrogen-bond donors (Lipinski definition) is 4. The van der Waals surface area contributed by atoms with Crippen LogP contribution in [0.3, 0.4) is 0 Å². The number of aromatic nitrogens is 3. The molecule has 3 aliphatic heterocycles. The first kappa shape index (κ1) is 34.2. The first-order valence-corrected chi connectivity index (χ1v) is 17.7. The minimum absolute atomic E-state index is 0.0212. The lowest BCUT2D eigenvalue weighted by Crippen LogP contribution is -2.36. The van der Waals surface area contributed by atoms with Crippen molar-refractivity contribution in [3.63, 3.8) is 0 Å². The summed E-state index contributed by atoms with van der Waals surface area (Å²) in [6.45, 7) is 2.11. The van der Waals surface area contributed by atoms with Gasteiger partial charge in [-0.05, 0) is 49.2 Å². The van der Waals surface area contributed by atoms with E-state index in [0.29, 0.717) is 61.6 Å². The second-order valence-corrected chi connectivity index (χ2v) is 13.6. The van der Waals surface area contributed by atoms with Gasteiger partial charge < -0.3 is 35.6 Å². The highest BCUT2D eigenvalue weighted by Crippen LogP contribution is 2.33. The van der Waals surface area contributed by atoms with Crippen LogP contribution in [0.25, 0.3) is 11.3 Å². The molecule has 0 spiro atoms. The molecular formula is C34H42N8O6S. The van der Waals surface area contributed by atoms with Crippen LogP contribution in [0.5, 0.6) is 5.75 Å². The maximum absolute atomic E-state index is 12.9. The molecule has 3 aromatic rings. The molecule has 0 radical (unpaired) electrons. The topological polar surface area (TPSA) is 169 Å². The monoisotopic (exact) mass is 690 g/mol. The Morgan fingerprint density at radius 3 is 2.65 bits per heavy atom. The Labute approximate surface area is 289 Å². The molecule has 15 heteroatoms. The Bertz CT molecular complexity index is 1620. The van der Waals surface area contributed by atoms with E-state index in [1.165, 1.54) is 0 Å². The number of anilines is 2. The van der Waals surface area contributed by atoms with Crippen LogP contribution in [0, 0.1) is 5.92 Å². The summed E-state index contributed by atoms with van der Waals surface area (Å²) in [5, 5.41) is 20.6. The number of nitrogens with one attached hydrogen (secondary N) is 4. The van der Waals surface area contributed by atoms with Gasteiger partial charge in [-0.2, -0.15) is 11.8 Å². The van der Waals surface area contributed by atoms with Gasteiger partial charge in [-0.1, -0.05) is 23.8 Å². The quantitative estimate of drug-likeness (QED) is 0.131.